The van der Waals surface area contributed by atoms with E-state index in [0.717, 1.165) is 65.6 Å². The molecule has 9 atom stereocenters. The number of aliphatic hydroxyl groups excluding tert-OH is 3. The number of carbonyl (C=O) groups is 6. The van der Waals surface area contributed by atoms with Gasteiger partial charge in [-0.1, -0.05) is 81.2 Å². The molecule has 4 bridgehead atoms. The first kappa shape index (κ1) is 65.2. The maximum absolute atomic E-state index is 13.8. The number of hydrogen-bond donors (Lipinski definition) is 9. The molecule has 4 unspecified atom stereocenters. The number of carboxylic acids is 2. The average Bonchev–Trinajstić information content (AvgIpc) is 0.788. The Bertz CT molecular complexity index is 3900. The van der Waals surface area contributed by atoms with Crippen molar-refractivity contribution >= 4 is 73.9 Å². The minimum Gasteiger partial charge on any atom is -0.479 e. The highest BCUT2D eigenvalue weighted by atomic mass is 32.1. The van der Waals surface area contributed by atoms with Crippen molar-refractivity contribution in [3.63, 3.8) is 0 Å². The summed E-state index contributed by atoms with van der Waals surface area (Å²) < 4.78 is 21.1. The second-order valence-electron chi connectivity index (χ2n) is 26.8. The summed E-state index contributed by atoms with van der Waals surface area (Å²) >= 11 is 1.41. The van der Waals surface area contributed by atoms with Crippen molar-refractivity contribution in [2.24, 2.45) is 27.9 Å². The first-order chi connectivity index (χ1) is 43.6. The van der Waals surface area contributed by atoms with E-state index in [0.29, 0.717) is 59.3 Å². The van der Waals surface area contributed by atoms with E-state index in [1.54, 1.807) is 45.3 Å². The molecule has 0 radical (unpaired) electrons. The van der Waals surface area contributed by atoms with Gasteiger partial charge in [0, 0.05) is 72.4 Å². The van der Waals surface area contributed by atoms with E-state index in [1.807, 2.05) is 59.0 Å². The Morgan fingerprint density at radius 2 is 1.62 bits per heavy atom. The number of rotatable bonds is 19. The number of aromatic carboxylic acids is 1. The number of hydrogen-bond acceptors (Lipinski definition) is 18. The fourth-order valence-electron chi connectivity index (χ4n) is 15.3. The van der Waals surface area contributed by atoms with E-state index < -0.39 is 78.1 Å². The second kappa shape index (κ2) is 25.6. The number of anilines is 3. The van der Waals surface area contributed by atoms with Crippen LogP contribution < -0.4 is 26.6 Å². The molecule has 4 saturated carbocycles. The molecule has 5 fully saturated rings. The van der Waals surface area contributed by atoms with E-state index in [1.165, 1.54) is 35.3 Å². The van der Waals surface area contributed by atoms with E-state index in [-0.39, 0.29) is 64.8 Å². The molecule has 5 heterocycles. The molecule has 2 aliphatic heterocycles. The number of ether oxygens (including phenoxy) is 3. The summed E-state index contributed by atoms with van der Waals surface area (Å²) in [7, 11) is 1.59. The van der Waals surface area contributed by atoms with Gasteiger partial charge in [-0.3, -0.25) is 24.4 Å². The Kier molecular flexibility index (Phi) is 18.1. The van der Waals surface area contributed by atoms with Gasteiger partial charge in [0.1, 0.15) is 42.9 Å². The van der Waals surface area contributed by atoms with Gasteiger partial charge in [-0.2, -0.15) is 5.10 Å². The number of aliphatic carboxylic acids is 1. The Labute approximate surface area is 535 Å². The molecule has 24 nitrogen and oxygen atoms in total. The summed E-state index contributed by atoms with van der Waals surface area (Å²) in [4.78, 5) is 91.2. The van der Waals surface area contributed by atoms with Gasteiger partial charge in [-0.15, -0.1) is 0 Å². The van der Waals surface area contributed by atoms with E-state index in [9.17, 15) is 54.3 Å². The zero-order valence-corrected chi connectivity index (χ0v) is 53.2. The van der Waals surface area contributed by atoms with Gasteiger partial charge in [-0.25, -0.2) is 24.4 Å². The van der Waals surface area contributed by atoms with Gasteiger partial charge >= 0.3 is 18.0 Å². The maximum atomic E-state index is 13.8. The summed E-state index contributed by atoms with van der Waals surface area (Å²) in [5, 5.41) is 65.5. The fourth-order valence-corrected chi connectivity index (χ4v) is 16.2. The van der Waals surface area contributed by atoms with Crippen LogP contribution in [0.1, 0.15) is 122 Å². The van der Waals surface area contributed by atoms with Crippen LogP contribution in [0.4, 0.5) is 21.4 Å². The van der Waals surface area contributed by atoms with Crippen LogP contribution in [-0.2, 0) is 54.7 Å². The molecule has 10 N–H and O–H groups in total. The number of pyridine rings is 1. The number of aliphatic hydroxyl groups is 3. The Morgan fingerprint density at radius 3 is 2.34 bits per heavy atom. The Morgan fingerprint density at radius 1 is 0.870 bits per heavy atom. The molecule has 3 aromatic heterocycles. The number of benzene rings is 3. The smallest absolute Gasteiger partial charge is 0.409 e. The summed E-state index contributed by atoms with van der Waals surface area (Å²) in [5.41, 5.74) is 11.0. The van der Waals surface area contributed by atoms with Crippen LogP contribution in [0.3, 0.4) is 0 Å². The van der Waals surface area contributed by atoms with Crippen molar-refractivity contribution in [2.75, 3.05) is 42.3 Å². The van der Waals surface area contributed by atoms with Gasteiger partial charge < -0.3 is 65.9 Å². The Balaban J connectivity index is 0.745. The molecule has 6 aromatic rings. The lowest BCUT2D eigenvalue weighted by molar-refractivity contribution is -0.248. The van der Waals surface area contributed by atoms with Crippen molar-refractivity contribution in [2.45, 2.75) is 154 Å². The van der Waals surface area contributed by atoms with Gasteiger partial charge in [0.05, 0.1) is 34.7 Å². The van der Waals surface area contributed by atoms with Crippen LogP contribution in [0.5, 0.6) is 0 Å². The van der Waals surface area contributed by atoms with Crippen molar-refractivity contribution < 1.29 is 68.5 Å². The first-order valence-electron chi connectivity index (χ1n) is 30.9. The zero-order chi connectivity index (χ0) is 65.8. The molecule has 0 spiro atoms. The third-order valence-electron chi connectivity index (χ3n) is 18.8. The summed E-state index contributed by atoms with van der Waals surface area (Å²) in [6.07, 6.45) is -2.04. The number of carbonyl (C=O) groups excluding carboxylic acids is 4. The molecule has 25 heteroatoms. The molecular weight excluding hydrogens is 1200 g/mol. The van der Waals surface area contributed by atoms with Gasteiger partial charge in [0.25, 0.3) is 5.91 Å². The predicted octanol–water partition coefficient (Wildman–Crippen LogP) is 6.49. The molecule has 1 saturated heterocycles. The van der Waals surface area contributed by atoms with Crippen LogP contribution in [0.2, 0.25) is 0 Å². The molecule has 4 aliphatic carbocycles. The SMILES string of the molecule is Cc1c(-c2ccc(N3CCc4cccc(C(=O)Nc5nc6ccccc6s5)c4C3)nc2C(=O)O)cnn1CC12CC3(C)CC(C)(C1)CC(OCCN(C)C(=O)OCc1ccc(NC(=O)C(C)NC(=O)C(N)C(C)C)cc1C#C[C@@H]1O[C@H](C(=O)O)[C@@H](O)[C@H](O)[C@H]1O)(C3)C2. The highest BCUT2D eigenvalue weighted by Crippen LogP contribution is 2.72. The molecule has 486 valence electrons. The lowest BCUT2D eigenvalue weighted by Crippen LogP contribution is -2.64. The minimum atomic E-state index is -1.93. The number of amides is 4. The zero-order valence-electron chi connectivity index (χ0n) is 52.4. The molecule has 12 rings (SSSR count). The number of fused-ring (bicyclic) bond motifs is 2. The van der Waals surface area contributed by atoms with Gasteiger partial charge in [0.2, 0.25) is 11.8 Å². The van der Waals surface area contributed by atoms with Crippen molar-refractivity contribution in [3.05, 3.63) is 118 Å². The summed E-state index contributed by atoms with van der Waals surface area (Å²) in [5.74, 6) is 1.61. The largest absolute Gasteiger partial charge is 0.479 e. The number of carboxylic acid groups (broad SMARTS) is 2. The van der Waals surface area contributed by atoms with Crippen LogP contribution in [-0.4, -0.2) is 161 Å². The van der Waals surface area contributed by atoms with E-state index in [2.05, 4.69) is 46.6 Å². The fraction of sp³-hybridized carbons (Fsp3) is 0.478. The minimum absolute atomic E-state index is 0.0423. The van der Waals surface area contributed by atoms with Crippen LogP contribution in [0.25, 0.3) is 21.3 Å². The number of para-hydroxylation sites is 1. The van der Waals surface area contributed by atoms with Crippen LogP contribution in [0, 0.1) is 40.9 Å². The monoisotopic (exact) mass is 1280 g/mol. The molecular formula is C67H78N10O14S. The van der Waals surface area contributed by atoms with Crippen molar-refractivity contribution in [3.8, 4) is 23.0 Å². The Hall–Kier alpha value is -8.35. The first-order valence-corrected chi connectivity index (χ1v) is 31.7. The molecule has 3 aromatic carbocycles. The average molecular weight is 1280 g/mol. The molecule has 92 heavy (non-hydrogen) atoms. The lowest BCUT2D eigenvalue weighted by atomic mass is 9.39. The predicted molar refractivity (Wildman–Crippen MR) is 340 cm³/mol. The summed E-state index contributed by atoms with van der Waals surface area (Å²) in [6.45, 7) is 13.3. The number of nitrogens with two attached hydrogens (primary N) is 1. The third kappa shape index (κ3) is 13.5. The highest BCUT2D eigenvalue weighted by molar-refractivity contribution is 7.22. The topological polar surface area (TPSA) is 343 Å². The molecule has 4 amide bonds. The second-order valence-corrected chi connectivity index (χ2v) is 27.9. The number of likely N-dealkylation sites (N-methyl/N-ethyl adjacent to an activating group) is 1. The number of aromatic nitrogens is 4. The van der Waals surface area contributed by atoms with Gasteiger partial charge in [-0.05, 0) is 135 Å². The number of nitrogens with one attached hydrogen (secondary N) is 3. The highest BCUT2D eigenvalue weighted by Gasteiger charge is 2.66. The van der Waals surface area contributed by atoms with Gasteiger partial charge in [0.15, 0.2) is 16.9 Å². The standard InChI is InChI=1S/C67H78N10O14S/c1-36(2)51(68)59(83)70-37(3)57(81)71-42-17-15-41(40(25-42)16-19-48-53(78)54(79)55(80)56(91-48)61(86)87)28-89-63(88)75(7)23-24-90-67-32-64(5)29-65(6,33-67)31-66(30-64,34-67)35-77-38(4)45(26-69-77)43-18-20-50(73-52(43)60(84)85)76-22-21-39-11-10-12-44(46(39)27-76)58(82)74-62-72-47-13-8-9-14-49(47)92-62/h8-15,17-18,20,25-26,36-37,48,51,53-56,78-80H,21-24,27-35,68H2,1-7H3,(H,70,83)(H,71,81)(H,84,85)(H,86,87)(H,72,74,82)/t37?,48-,51?,53-,54+,55-,56-,64?,65?,66?,67?/m0/s1. The van der Waals surface area contributed by atoms with Crippen molar-refractivity contribution in [1.82, 2.24) is 30.0 Å². The normalized spacial score (nSPS) is 26.1. The third-order valence-corrected chi connectivity index (χ3v) is 19.8. The van der Waals surface area contributed by atoms with Crippen LogP contribution in [0.15, 0.2) is 79.0 Å². The summed E-state index contributed by atoms with van der Waals surface area (Å²) in [6, 6.07) is 19.7. The van der Waals surface area contributed by atoms with E-state index >= 15 is 0 Å². The van der Waals surface area contributed by atoms with E-state index in [4.69, 9.17) is 30.0 Å². The quantitative estimate of drug-likeness (QED) is 0.0391. The van der Waals surface area contributed by atoms with Crippen molar-refractivity contribution in [1.29, 1.82) is 0 Å². The lowest BCUT2D eigenvalue weighted by Gasteiger charge is -2.69. The maximum Gasteiger partial charge on any atom is 0.409 e. The number of thiazole rings is 1. The van der Waals surface area contributed by atoms with Crippen LogP contribution >= 0.6 is 11.3 Å². The molecule has 6 aliphatic rings. The number of nitrogens with zero attached hydrogens (tertiary/aromatic N) is 6.